The summed E-state index contributed by atoms with van der Waals surface area (Å²) < 4.78 is 5.79. The van der Waals surface area contributed by atoms with E-state index in [0.29, 0.717) is 6.04 Å². The zero-order valence-corrected chi connectivity index (χ0v) is 11.0. The highest BCUT2D eigenvalue weighted by atomic mass is 16.5. The fraction of sp³-hybridized carbons (Fsp3) is 0.267. The number of hydrogen-bond acceptors (Lipinski definition) is 3. The van der Waals surface area contributed by atoms with Gasteiger partial charge in [0.15, 0.2) is 0 Å². The summed E-state index contributed by atoms with van der Waals surface area (Å²) in [6, 6.07) is 12.3. The Morgan fingerprint density at radius 3 is 2.50 bits per heavy atom. The predicted octanol–water partition coefficient (Wildman–Crippen LogP) is 3.46. The largest absolute Gasteiger partial charge is 0.455 e. The van der Waals surface area contributed by atoms with Gasteiger partial charge in [0.05, 0.1) is 5.69 Å². The van der Waals surface area contributed by atoms with E-state index in [-0.39, 0.29) is 0 Å². The average molecular weight is 242 g/mol. The van der Waals surface area contributed by atoms with Crippen molar-refractivity contribution in [2.45, 2.75) is 19.9 Å². The molecule has 1 aromatic heterocycles. The number of rotatable bonds is 4. The van der Waals surface area contributed by atoms with Gasteiger partial charge in [-0.1, -0.05) is 12.1 Å². The monoisotopic (exact) mass is 242 g/mol. The van der Waals surface area contributed by atoms with Crippen molar-refractivity contribution in [1.82, 2.24) is 10.3 Å². The van der Waals surface area contributed by atoms with Gasteiger partial charge < -0.3 is 10.1 Å². The van der Waals surface area contributed by atoms with Crippen LogP contribution in [0.25, 0.3) is 0 Å². The molecule has 0 aliphatic carbocycles. The maximum absolute atomic E-state index is 5.79. The van der Waals surface area contributed by atoms with Crippen molar-refractivity contribution in [3.05, 3.63) is 53.9 Å². The summed E-state index contributed by atoms with van der Waals surface area (Å²) in [7, 11) is 1.95. The molecule has 0 spiro atoms. The van der Waals surface area contributed by atoms with E-state index in [1.54, 1.807) is 6.20 Å². The Hall–Kier alpha value is -1.87. The molecule has 1 N–H and O–H groups in total. The third-order valence-corrected chi connectivity index (χ3v) is 3.00. The first-order valence-corrected chi connectivity index (χ1v) is 6.07. The van der Waals surface area contributed by atoms with Gasteiger partial charge in [0.25, 0.3) is 0 Å². The highest BCUT2D eigenvalue weighted by molar-refractivity contribution is 5.35. The smallest absolute Gasteiger partial charge is 0.148 e. The highest BCUT2D eigenvalue weighted by Gasteiger charge is 2.04. The van der Waals surface area contributed by atoms with E-state index in [9.17, 15) is 0 Å². The van der Waals surface area contributed by atoms with Crippen molar-refractivity contribution in [1.29, 1.82) is 0 Å². The molecule has 0 bridgehead atoms. The molecule has 1 atom stereocenters. The summed E-state index contributed by atoms with van der Waals surface area (Å²) in [5.41, 5.74) is 2.14. The van der Waals surface area contributed by atoms with Gasteiger partial charge in [-0.3, -0.25) is 4.98 Å². The lowest BCUT2D eigenvalue weighted by atomic mass is 10.1. The number of aryl methyl sites for hydroxylation is 1. The Labute approximate surface area is 108 Å². The lowest BCUT2D eigenvalue weighted by molar-refractivity contribution is 0.475. The van der Waals surface area contributed by atoms with E-state index in [0.717, 1.165) is 17.2 Å². The molecule has 3 heteroatoms. The lowest BCUT2D eigenvalue weighted by Gasteiger charge is -2.12. The van der Waals surface area contributed by atoms with E-state index in [1.165, 1.54) is 5.56 Å². The maximum atomic E-state index is 5.79. The minimum atomic E-state index is 0.346. The summed E-state index contributed by atoms with van der Waals surface area (Å²) in [5, 5.41) is 3.21. The van der Waals surface area contributed by atoms with E-state index >= 15 is 0 Å². The summed E-state index contributed by atoms with van der Waals surface area (Å²) >= 11 is 0. The van der Waals surface area contributed by atoms with Crippen LogP contribution in [0.3, 0.4) is 0 Å². The van der Waals surface area contributed by atoms with E-state index in [1.807, 2.05) is 38.2 Å². The summed E-state index contributed by atoms with van der Waals surface area (Å²) in [6.45, 7) is 4.06. The molecule has 0 amide bonds. The number of ether oxygens (including phenoxy) is 1. The molecule has 0 fully saturated rings. The third-order valence-electron chi connectivity index (χ3n) is 3.00. The molecule has 0 aliphatic heterocycles. The van der Waals surface area contributed by atoms with Crippen LogP contribution in [-0.4, -0.2) is 12.0 Å². The van der Waals surface area contributed by atoms with Gasteiger partial charge in [0, 0.05) is 12.2 Å². The molecule has 0 aliphatic rings. The molecule has 3 nitrogen and oxygen atoms in total. The molecule has 18 heavy (non-hydrogen) atoms. The summed E-state index contributed by atoms with van der Waals surface area (Å²) in [4.78, 5) is 4.20. The Morgan fingerprint density at radius 2 is 1.89 bits per heavy atom. The van der Waals surface area contributed by atoms with Crippen LogP contribution in [0.4, 0.5) is 0 Å². The molecule has 0 saturated heterocycles. The van der Waals surface area contributed by atoms with Crippen LogP contribution < -0.4 is 10.1 Å². The molecular formula is C15H18N2O. The van der Waals surface area contributed by atoms with Gasteiger partial charge in [-0.2, -0.15) is 0 Å². The first kappa shape index (κ1) is 12.6. The van der Waals surface area contributed by atoms with Crippen molar-refractivity contribution in [3.8, 4) is 11.5 Å². The predicted molar refractivity (Wildman–Crippen MR) is 73.0 cm³/mol. The van der Waals surface area contributed by atoms with Crippen molar-refractivity contribution in [2.24, 2.45) is 0 Å². The Morgan fingerprint density at radius 1 is 1.17 bits per heavy atom. The number of pyridine rings is 1. The van der Waals surface area contributed by atoms with E-state index in [2.05, 4.69) is 29.4 Å². The molecule has 1 unspecified atom stereocenters. The summed E-state index contributed by atoms with van der Waals surface area (Å²) in [6.07, 6.45) is 1.76. The number of nitrogens with zero attached hydrogens (tertiary/aromatic N) is 1. The third kappa shape index (κ3) is 2.87. The second kappa shape index (κ2) is 5.65. The van der Waals surface area contributed by atoms with Crippen LogP contribution in [0.2, 0.25) is 0 Å². The zero-order valence-electron chi connectivity index (χ0n) is 11.0. The van der Waals surface area contributed by atoms with Gasteiger partial charge in [-0.05, 0) is 50.7 Å². The standard InChI is InChI=1S/C15H18N2O/c1-11(16-3)13-6-8-14(9-7-13)18-15-5-4-10-17-12(15)2/h4-11,16H,1-3H3. The molecule has 2 rings (SSSR count). The van der Waals surface area contributed by atoms with Crippen LogP contribution in [0.1, 0.15) is 24.2 Å². The number of benzene rings is 1. The molecule has 1 aromatic carbocycles. The van der Waals surface area contributed by atoms with Crippen molar-refractivity contribution >= 4 is 0 Å². The molecule has 2 aromatic rings. The number of nitrogens with one attached hydrogen (secondary N) is 1. The second-order valence-corrected chi connectivity index (χ2v) is 4.27. The van der Waals surface area contributed by atoms with Gasteiger partial charge in [0.1, 0.15) is 11.5 Å². The Balaban J connectivity index is 2.14. The van der Waals surface area contributed by atoms with Crippen LogP contribution in [-0.2, 0) is 0 Å². The van der Waals surface area contributed by atoms with E-state index < -0.39 is 0 Å². The van der Waals surface area contributed by atoms with Crippen molar-refractivity contribution < 1.29 is 4.74 Å². The van der Waals surface area contributed by atoms with Gasteiger partial charge in [-0.15, -0.1) is 0 Å². The Kier molecular flexibility index (Phi) is 3.95. The van der Waals surface area contributed by atoms with Gasteiger partial charge in [0.2, 0.25) is 0 Å². The maximum Gasteiger partial charge on any atom is 0.148 e. The summed E-state index contributed by atoms with van der Waals surface area (Å²) in [5.74, 6) is 1.63. The molecule has 1 heterocycles. The van der Waals surface area contributed by atoms with Gasteiger partial charge >= 0.3 is 0 Å². The Bertz CT molecular complexity index is 508. The minimum absolute atomic E-state index is 0.346. The average Bonchev–Trinajstić information content (AvgIpc) is 2.41. The zero-order chi connectivity index (χ0) is 13.0. The minimum Gasteiger partial charge on any atom is -0.455 e. The quantitative estimate of drug-likeness (QED) is 0.891. The van der Waals surface area contributed by atoms with E-state index in [4.69, 9.17) is 4.74 Å². The number of aromatic nitrogens is 1. The van der Waals surface area contributed by atoms with Gasteiger partial charge in [-0.25, -0.2) is 0 Å². The lowest BCUT2D eigenvalue weighted by Crippen LogP contribution is -2.11. The SMILES string of the molecule is CNC(C)c1ccc(Oc2cccnc2C)cc1. The molecule has 0 saturated carbocycles. The second-order valence-electron chi connectivity index (χ2n) is 4.27. The molecule has 0 radical (unpaired) electrons. The van der Waals surface area contributed by atoms with Crippen molar-refractivity contribution in [2.75, 3.05) is 7.05 Å². The normalized spacial score (nSPS) is 12.2. The van der Waals surface area contributed by atoms with Crippen LogP contribution in [0.5, 0.6) is 11.5 Å². The first-order chi connectivity index (χ1) is 8.70. The number of hydrogen-bond donors (Lipinski definition) is 1. The molecular weight excluding hydrogens is 224 g/mol. The topological polar surface area (TPSA) is 34.1 Å². The fourth-order valence-electron chi connectivity index (χ4n) is 1.70. The van der Waals surface area contributed by atoms with Crippen molar-refractivity contribution in [3.63, 3.8) is 0 Å². The molecule has 94 valence electrons. The highest BCUT2D eigenvalue weighted by Crippen LogP contribution is 2.24. The van der Waals surface area contributed by atoms with Crippen LogP contribution in [0.15, 0.2) is 42.6 Å². The fourth-order valence-corrected chi connectivity index (χ4v) is 1.70. The van der Waals surface area contributed by atoms with Crippen LogP contribution >= 0.6 is 0 Å². The van der Waals surface area contributed by atoms with Crippen LogP contribution in [0, 0.1) is 6.92 Å². The first-order valence-electron chi connectivity index (χ1n) is 6.07.